The number of hydrogen-bond donors (Lipinski definition) is 3. The first-order valence-electron chi connectivity index (χ1n) is 11.6. The van der Waals surface area contributed by atoms with Crippen molar-refractivity contribution >= 4 is 27.9 Å². The zero-order chi connectivity index (χ0) is 24.4. The van der Waals surface area contributed by atoms with Gasteiger partial charge in [0.1, 0.15) is 0 Å². The average molecular weight is 480 g/mol. The van der Waals surface area contributed by atoms with Crippen molar-refractivity contribution in [2.45, 2.75) is 52.4 Å². The summed E-state index contributed by atoms with van der Waals surface area (Å²) >= 11 is 0. The quantitative estimate of drug-likeness (QED) is 0.314. The molecule has 9 heteroatoms. The standard InChI is InChI=1S/C24H37N3O5S/c1-18(2)16-22(21(24(29)26-30)15-9-14-19-10-5-4-6-11-19)23(28)25-27(33(3,31)32)17-20-12-7-8-13-20/h4-6,9-11,14,18,20-22,30H,7-8,12-13,15-17H2,1-3H3,(H,25,28)(H,26,29)/t21-,22+/m0/s1. The molecule has 2 amide bonds. The van der Waals surface area contributed by atoms with Crippen molar-refractivity contribution in [1.82, 2.24) is 15.3 Å². The van der Waals surface area contributed by atoms with Gasteiger partial charge in [0.2, 0.25) is 21.8 Å². The van der Waals surface area contributed by atoms with Gasteiger partial charge < -0.3 is 0 Å². The summed E-state index contributed by atoms with van der Waals surface area (Å²) in [6.07, 6.45) is 9.26. The third-order valence-corrected chi connectivity index (χ3v) is 7.07. The predicted octanol–water partition coefficient (Wildman–Crippen LogP) is 3.36. The van der Waals surface area contributed by atoms with Crippen LogP contribution in [-0.4, -0.2) is 42.7 Å². The molecule has 0 spiro atoms. The van der Waals surface area contributed by atoms with E-state index in [-0.39, 0.29) is 24.8 Å². The molecule has 0 saturated heterocycles. The van der Waals surface area contributed by atoms with E-state index in [9.17, 15) is 23.2 Å². The minimum absolute atomic E-state index is 0.0781. The molecule has 184 valence electrons. The lowest BCUT2D eigenvalue weighted by Crippen LogP contribution is -2.52. The van der Waals surface area contributed by atoms with Gasteiger partial charge in [0.15, 0.2) is 0 Å². The number of amides is 2. The largest absolute Gasteiger partial charge is 0.289 e. The summed E-state index contributed by atoms with van der Waals surface area (Å²) < 4.78 is 25.8. The highest BCUT2D eigenvalue weighted by atomic mass is 32.2. The summed E-state index contributed by atoms with van der Waals surface area (Å²) in [7, 11) is -3.68. The Kier molecular flexibility index (Phi) is 10.5. The maximum atomic E-state index is 13.3. The first-order chi connectivity index (χ1) is 15.6. The van der Waals surface area contributed by atoms with E-state index in [1.807, 2.05) is 50.3 Å². The maximum absolute atomic E-state index is 13.3. The SMILES string of the molecule is CC(C)C[C@@H](C(=O)NN(CC1CCCC1)S(C)(=O)=O)[C@H](CC=Cc1ccccc1)C(=O)NO. The molecule has 1 aromatic rings. The predicted molar refractivity (Wildman–Crippen MR) is 128 cm³/mol. The second-order valence-corrected chi connectivity index (χ2v) is 11.2. The van der Waals surface area contributed by atoms with Crippen molar-refractivity contribution in [2.24, 2.45) is 23.7 Å². The fourth-order valence-corrected chi connectivity index (χ4v) is 5.05. The van der Waals surface area contributed by atoms with Crippen LogP contribution in [0.3, 0.4) is 0 Å². The molecule has 33 heavy (non-hydrogen) atoms. The minimum Gasteiger partial charge on any atom is -0.289 e. The first-order valence-corrected chi connectivity index (χ1v) is 13.4. The number of carbonyl (C=O) groups excluding carboxylic acids is 2. The Hall–Kier alpha value is -2.23. The van der Waals surface area contributed by atoms with Gasteiger partial charge in [0.25, 0.3) is 0 Å². The van der Waals surface area contributed by atoms with Gasteiger partial charge in [0.05, 0.1) is 18.1 Å². The lowest BCUT2D eigenvalue weighted by atomic mass is 9.82. The minimum atomic E-state index is -3.68. The highest BCUT2D eigenvalue weighted by Crippen LogP contribution is 2.28. The fourth-order valence-electron chi connectivity index (χ4n) is 4.31. The summed E-state index contributed by atoms with van der Waals surface area (Å²) in [5.74, 6) is -2.59. The number of nitrogens with one attached hydrogen (secondary N) is 2. The van der Waals surface area contributed by atoms with Crippen LogP contribution in [0.2, 0.25) is 0 Å². The van der Waals surface area contributed by atoms with Gasteiger partial charge >= 0.3 is 0 Å². The molecule has 0 radical (unpaired) electrons. The Morgan fingerprint density at radius 2 is 1.76 bits per heavy atom. The zero-order valence-electron chi connectivity index (χ0n) is 19.7. The molecule has 1 aromatic carbocycles. The molecule has 1 saturated carbocycles. The molecule has 0 aromatic heterocycles. The highest BCUT2D eigenvalue weighted by Gasteiger charge is 2.36. The van der Waals surface area contributed by atoms with E-state index in [1.165, 1.54) is 0 Å². The summed E-state index contributed by atoms with van der Waals surface area (Å²) in [6.45, 7) is 4.09. The number of carbonyl (C=O) groups is 2. The molecule has 0 bridgehead atoms. The van der Waals surface area contributed by atoms with E-state index >= 15 is 0 Å². The van der Waals surface area contributed by atoms with Crippen LogP contribution < -0.4 is 10.9 Å². The van der Waals surface area contributed by atoms with Crippen LogP contribution in [0, 0.1) is 23.7 Å². The van der Waals surface area contributed by atoms with Crippen LogP contribution >= 0.6 is 0 Å². The van der Waals surface area contributed by atoms with Gasteiger partial charge in [-0.1, -0.05) is 69.2 Å². The highest BCUT2D eigenvalue weighted by molar-refractivity contribution is 7.88. The number of hydroxylamine groups is 1. The van der Waals surface area contributed by atoms with E-state index in [0.717, 1.165) is 41.9 Å². The molecule has 1 aliphatic rings. The molecular formula is C24H37N3O5S. The Balaban J connectivity index is 2.22. The Morgan fingerprint density at radius 3 is 2.30 bits per heavy atom. The van der Waals surface area contributed by atoms with E-state index < -0.39 is 33.7 Å². The molecule has 8 nitrogen and oxygen atoms in total. The second kappa shape index (κ2) is 12.9. The lowest BCUT2D eigenvalue weighted by molar-refractivity contribution is -0.142. The van der Waals surface area contributed by atoms with Gasteiger partial charge in [-0.05, 0) is 43.1 Å². The van der Waals surface area contributed by atoms with Crippen LogP contribution in [0.1, 0.15) is 57.9 Å². The van der Waals surface area contributed by atoms with Gasteiger partial charge in [-0.15, -0.1) is 4.41 Å². The smallest absolute Gasteiger partial charge is 0.247 e. The number of nitrogens with zero attached hydrogens (tertiary/aromatic N) is 1. The molecule has 0 aliphatic heterocycles. The second-order valence-electron chi connectivity index (χ2n) is 9.29. The third-order valence-electron chi connectivity index (χ3n) is 6.03. The summed E-state index contributed by atoms with van der Waals surface area (Å²) in [5.41, 5.74) is 5.21. The van der Waals surface area contributed by atoms with Crippen molar-refractivity contribution in [3.05, 3.63) is 42.0 Å². The first kappa shape index (κ1) is 27.0. The number of allylic oxidation sites excluding steroid dienone is 1. The number of rotatable bonds is 12. The van der Waals surface area contributed by atoms with Crippen LogP contribution in [0.5, 0.6) is 0 Å². The van der Waals surface area contributed by atoms with Crippen LogP contribution in [0.25, 0.3) is 6.08 Å². The van der Waals surface area contributed by atoms with Crippen molar-refractivity contribution < 1.29 is 23.2 Å². The average Bonchev–Trinajstić information content (AvgIpc) is 3.27. The van der Waals surface area contributed by atoms with Crippen LogP contribution in [0.4, 0.5) is 0 Å². The molecular weight excluding hydrogens is 442 g/mol. The fraction of sp³-hybridized carbons (Fsp3) is 0.583. The molecule has 1 aliphatic carbocycles. The third kappa shape index (κ3) is 8.91. The van der Waals surface area contributed by atoms with Gasteiger partial charge in [-0.25, -0.2) is 13.9 Å². The van der Waals surface area contributed by atoms with Crippen LogP contribution in [0.15, 0.2) is 36.4 Å². The normalized spacial score (nSPS) is 16.9. The van der Waals surface area contributed by atoms with Gasteiger partial charge in [0, 0.05) is 6.54 Å². The van der Waals surface area contributed by atoms with Crippen molar-refractivity contribution in [3.8, 4) is 0 Å². The van der Waals surface area contributed by atoms with Gasteiger partial charge in [-0.3, -0.25) is 20.2 Å². The van der Waals surface area contributed by atoms with Gasteiger partial charge in [-0.2, -0.15) is 0 Å². The van der Waals surface area contributed by atoms with E-state index in [4.69, 9.17) is 0 Å². The number of hydrazine groups is 1. The number of sulfonamides is 1. The Morgan fingerprint density at radius 1 is 1.12 bits per heavy atom. The molecule has 3 N–H and O–H groups in total. The Labute approximate surface area is 197 Å². The van der Waals surface area contributed by atoms with E-state index in [1.54, 1.807) is 11.6 Å². The number of hydrogen-bond acceptors (Lipinski definition) is 5. The monoisotopic (exact) mass is 479 g/mol. The summed E-state index contributed by atoms with van der Waals surface area (Å²) in [5, 5.41) is 9.33. The number of benzene rings is 1. The van der Waals surface area contributed by atoms with Crippen LogP contribution in [-0.2, 0) is 19.6 Å². The van der Waals surface area contributed by atoms with E-state index in [0.29, 0.717) is 6.42 Å². The topological polar surface area (TPSA) is 116 Å². The Bertz CT molecular complexity index is 896. The molecule has 1 fully saturated rings. The summed E-state index contributed by atoms with van der Waals surface area (Å²) in [4.78, 5) is 25.8. The molecule has 2 atom stereocenters. The zero-order valence-corrected chi connectivity index (χ0v) is 20.6. The lowest BCUT2D eigenvalue weighted by Gasteiger charge is -2.29. The van der Waals surface area contributed by atoms with Crippen molar-refractivity contribution in [3.63, 3.8) is 0 Å². The molecule has 0 heterocycles. The maximum Gasteiger partial charge on any atom is 0.247 e. The van der Waals surface area contributed by atoms with E-state index in [2.05, 4.69) is 5.43 Å². The van der Waals surface area contributed by atoms with Crippen molar-refractivity contribution in [2.75, 3.05) is 12.8 Å². The molecule has 2 rings (SSSR count). The van der Waals surface area contributed by atoms with Crippen molar-refractivity contribution in [1.29, 1.82) is 0 Å². The summed E-state index contributed by atoms with van der Waals surface area (Å²) in [6, 6.07) is 9.54. The molecule has 0 unspecified atom stereocenters.